The van der Waals surface area contributed by atoms with Crippen molar-refractivity contribution in [3.63, 3.8) is 0 Å². The number of piperazine rings is 1. The third-order valence-corrected chi connectivity index (χ3v) is 5.66. The smallest absolute Gasteiger partial charge is 0.225 e. The Morgan fingerprint density at radius 2 is 1.88 bits per heavy atom. The van der Waals surface area contributed by atoms with Gasteiger partial charge in [0.1, 0.15) is 11.9 Å². The average molecular weight is 551 g/mol. The zero-order valence-electron chi connectivity index (χ0n) is 18.7. The summed E-state index contributed by atoms with van der Waals surface area (Å²) in [5, 5.41) is 6.81. The lowest BCUT2D eigenvalue weighted by molar-refractivity contribution is 0.241. The number of guanidine groups is 1. The summed E-state index contributed by atoms with van der Waals surface area (Å²) < 4.78 is 6.00. The molecule has 2 aliphatic heterocycles. The van der Waals surface area contributed by atoms with E-state index in [9.17, 15) is 0 Å². The number of benzene rings is 1. The minimum Gasteiger partial charge on any atom is -0.488 e. The van der Waals surface area contributed by atoms with Crippen LogP contribution in [0.25, 0.3) is 0 Å². The molecule has 9 heteroatoms. The summed E-state index contributed by atoms with van der Waals surface area (Å²) >= 11 is 0. The van der Waals surface area contributed by atoms with Crippen LogP contribution in [0.5, 0.6) is 5.75 Å². The third-order valence-electron chi connectivity index (χ3n) is 5.66. The van der Waals surface area contributed by atoms with Crippen LogP contribution in [0.15, 0.2) is 47.7 Å². The molecule has 2 aliphatic rings. The molecular formula is C23H34IN7O. The molecule has 2 N–H and O–H groups in total. The number of fused-ring (bicyclic) bond motifs is 1. The molecule has 0 radical (unpaired) electrons. The highest BCUT2D eigenvalue weighted by Crippen LogP contribution is 2.28. The van der Waals surface area contributed by atoms with Crippen LogP contribution < -0.4 is 20.3 Å². The lowest BCUT2D eigenvalue weighted by atomic mass is 10.1. The lowest BCUT2D eigenvalue weighted by Crippen LogP contribution is -2.47. The maximum Gasteiger partial charge on any atom is 0.225 e. The highest BCUT2D eigenvalue weighted by atomic mass is 127. The largest absolute Gasteiger partial charge is 0.488 e. The van der Waals surface area contributed by atoms with E-state index >= 15 is 0 Å². The summed E-state index contributed by atoms with van der Waals surface area (Å²) in [5.41, 5.74) is 1.28. The molecule has 8 nitrogen and oxygen atoms in total. The molecular weight excluding hydrogens is 517 g/mol. The molecule has 1 unspecified atom stereocenters. The van der Waals surface area contributed by atoms with Crippen LogP contribution in [0.3, 0.4) is 0 Å². The second-order valence-corrected chi connectivity index (χ2v) is 7.93. The Kier molecular flexibility index (Phi) is 9.79. The van der Waals surface area contributed by atoms with Crippen LogP contribution in [-0.4, -0.2) is 79.3 Å². The van der Waals surface area contributed by atoms with Crippen molar-refractivity contribution in [1.82, 2.24) is 25.5 Å². The fourth-order valence-electron chi connectivity index (χ4n) is 4.03. The molecule has 1 fully saturated rings. The number of anilines is 1. The van der Waals surface area contributed by atoms with Gasteiger partial charge in [0, 0.05) is 58.1 Å². The lowest BCUT2D eigenvalue weighted by Gasteiger charge is -2.34. The summed E-state index contributed by atoms with van der Waals surface area (Å²) in [6.07, 6.45) is 5.75. The molecule has 4 rings (SSSR count). The normalized spacial score (nSPS) is 18.5. The highest BCUT2D eigenvalue weighted by Gasteiger charge is 2.22. The Morgan fingerprint density at radius 1 is 1.09 bits per heavy atom. The topological polar surface area (TPSA) is 77.9 Å². The Labute approximate surface area is 207 Å². The minimum absolute atomic E-state index is 0. The van der Waals surface area contributed by atoms with E-state index in [-0.39, 0.29) is 30.1 Å². The van der Waals surface area contributed by atoms with E-state index in [4.69, 9.17) is 9.73 Å². The SMILES string of the molecule is CCNC(=NCC1Cc2ccccc2O1)NCCCN1CCN(c2ncccn2)CC1.I. The average Bonchev–Trinajstić information content (AvgIpc) is 3.24. The number of nitrogens with one attached hydrogen (secondary N) is 2. The highest BCUT2D eigenvalue weighted by molar-refractivity contribution is 14.0. The first-order valence-electron chi connectivity index (χ1n) is 11.3. The Balaban J connectivity index is 0.00000289. The van der Waals surface area contributed by atoms with Crippen LogP contribution in [0.4, 0.5) is 5.95 Å². The number of hydrogen-bond acceptors (Lipinski definition) is 6. The number of aromatic nitrogens is 2. The van der Waals surface area contributed by atoms with Gasteiger partial charge >= 0.3 is 0 Å². The number of rotatable bonds is 8. The van der Waals surface area contributed by atoms with Crippen LogP contribution in [-0.2, 0) is 6.42 Å². The number of halogens is 1. The number of hydrogen-bond donors (Lipinski definition) is 2. The van der Waals surface area contributed by atoms with E-state index in [1.54, 1.807) is 0 Å². The van der Waals surface area contributed by atoms with Gasteiger partial charge in [-0.1, -0.05) is 18.2 Å². The maximum absolute atomic E-state index is 6.00. The third kappa shape index (κ3) is 6.93. The van der Waals surface area contributed by atoms with Gasteiger partial charge in [0.15, 0.2) is 5.96 Å². The first-order chi connectivity index (χ1) is 15.3. The second-order valence-electron chi connectivity index (χ2n) is 7.93. The number of aliphatic imine (C=N–C) groups is 1. The molecule has 1 aromatic carbocycles. The molecule has 0 amide bonds. The zero-order chi connectivity index (χ0) is 21.3. The predicted molar refractivity (Wildman–Crippen MR) is 139 cm³/mol. The van der Waals surface area contributed by atoms with Crippen LogP contribution in [0.2, 0.25) is 0 Å². The Hall–Kier alpha value is -2.14. The van der Waals surface area contributed by atoms with E-state index in [1.165, 1.54) is 5.56 Å². The van der Waals surface area contributed by atoms with Crippen molar-refractivity contribution in [1.29, 1.82) is 0 Å². The van der Waals surface area contributed by atoms with E-state index < -0.39 is 0 Å². The van der Waals surface area contributed by atoms with Gasteiger partial charge < -0.3 is 20.3 Å². The van der Waals surface area contributed by atoms with Gasteiger partial charge in [0.2, 0.25) is 5.95 Å². The first-order valence-corrected chi connectivity index (χ1v) is 11.3. The number of nitrogens with zero attached hydrogens (tertiary/aromatic N) is 5. The Morgan fingerprint density at radius 3 is 2.62 bits per heavy atom. The monoisotopic (exact) mass is 551 g/mol. The standard InChI is InChI=1S/C23H33N7O.HI/c1-2-24-22(28-18-20-17-19-7-3-4-8-21(19)31-20)25-11-6-12-29-13-15-30(16-14-29)23-26-9-5-10-27-23;/h3-5,7-10,20H,2,6,11-18H2,1H3,(H2,24,25,28);1H. The van der Waals surface area contributed by atoms with E-state index in [2.05, 4.69) is 49.5 Å². The fraction of sp³-hybridized carbons (Fsp3) is 0.522. The molecule has 0 saturated carbocycles. The van der Waals surface area contributed by atoms with Gasteiger partial charge in [-0.2, -0.15) is 0 Å². The number of ether oxygens (including phenoxy) is 1. The van der Waals surface area contributed by atoms with Crippen molar-refractivity contribution in [3.05, 3.63) is 48.3 Å². The fourth-order valence-corrected chi connectivity index (χ4v) is 4.03. The summed E-state index contributed by atoms with van der Waals surface area (Å²) in [7, 11) is 0. The van der Waals surface area contributed by atoms with Crippen LogP contribution >= 0.6 is 24.0 Å². The van der Waals surface area contributed by atoms with Gasteiger partial charge in [-0.3, -0.25) is 4.90 Å². The molecule has 0 bridgehead atoms. The molecule has 3 heterocycles. The summed E-state index contributed by atoms with van der Waals surface area (Å²) in [6.45, 7) is 9.63. The molecule has 1 saturated heterocycles. The van der Waals surface area contributed by atoms with Crippen molar-refractivity contribution < 1.29 is 4.74 Å². The van der Waals surface area contributed by atoms with Gasteiger partial charge in [0.25, 0.3) is 0 Å². The summed E-state index contributed by atoms with van der Waals surface area (Å²) in [4.78, 5) is 18.2. The molecule has 1 atom stereocenters. The van der Waals surface area contributed by atoms with Gasteiger partial charge in [-0.15, -0.1) is 24.0 Å². The van der Waals surface area contributed by atoms with E-state index in [0.29, 0.717) is 6.54 Å². The minimum atomic E-state index is 0. The molecule has 2 aromatic rings. The van der Waals surface area contributed by atoms with Crippen molar-refractivity contribution in [2.45, 2.75) is 25.9 Å². The Bertz CT molecular complexity index is 818. The molecule has 1 aromatic heterocycles. The van der Waals surface area contributed by atoms with Gasteiger partial charge in [0.05, 0.1) is 6.54 Å². The van der Waals surface area contributed by atoms with Crippen LogP contribution in [0, 0.1) is 0 Å². The van der Waals surface area contributed by atoms with Gasteiger partial charge in [-0.25, -0.2) is 15.0 Å². The van der Waals surface area contributed by atoms with Crippen molar-refractivity contribution in [2.75, 3.05) is 57.3 Å². The molecule has 174 valence electrons. The molecule has 0 spiro atoms. The first kappa shape index (κ1) is 24.5. The van der Waals surface area contributed by atoms with E-state index in [1.807, 2.05) is 30.6 Å². The summed E-state index contributed by atoms with van der Waals surface area (Å²) in [5.74, 6) is 2.71. The van der Waals surface area contributed by atoms with Crippen molar-refractivity contribution in [3.8, 4) is 5.75 Å². The van der Waals surface area contributed by atoms with Crippen molar-refractivity contribution in [2.24, 2.45) is 4.99 Å². The summed E-state index contributed by atoms with van der Waals surface area (Å²) in [6, 6.07) is 10.1. The van der Waals surface area contributed by atoms with E-state index in [0.717, 1.165) is 76.3 Å². The quantitative estimate of drug-likeness (QED) is 0.226. The molecule has 0 aliphatic carbocycles. The predicted octanol–water partition coefficient (Wildman–Crippen LogP) is 2.17. The second kappa shape index (κ2) is 12.8. The van der Waals surface area contributed by atoms with Crippen LogP contribution in [0.1, 0.15) is 18.9 Å². The van der Waals surface area contributed by atoms with Crippen molar-refractivity contribution >= 4 is 35.9 Å². The maximum atomic E-state index is 6.00. The zero-order valence-corrected chi connectivity index (χ0v) is 21.1. The number of para-hydroxylation sites is 1. The molecule has 32 heavy (non-hydrogen) atoms. The van der Waals surface area contributed by atoms with Gasteiger partial charge in [-0.05, 0) is 37.6 Å².